The molecule has 0 saturated carbocycles. The van der Waals surface area contributed by atoms with Crippen LogP contribution in [-0.2, 0) is 4.79 Å². The molecule has 0 unspecified atom stereocenters. The van der Waals surface area contributed by atoms with Crippen molar-refractivity contribution in [2.24, 2.45) is 0 Å². The summed E-state index contributed by atoms with van der Waals surface area (Å²) in [5, 5.41) is 0.0486. The molecule has 0 aromatic carbocycles. The molecule has 0 radical (unpaired) electrons. The van der Waals surface area contributed by atoms with Gasteiger partial charge in [-0.1, -0.05) is 0 Å². The number of aromatic nitrogens is 2. The minimum Gasteiger partial charge on any atom is -0.407 e. The molecule has 1 heterocycles. The Hall–Kier alpha value is -1.36. The topological polar surface area (TPSA) is 55.3 Å². The lowest BCUT2D eigenvalue weighted by Crippen LogP contribution is -2.12. The summed E-state index contributed by atoms with van der Waals surface area (Å²) in [6, 6.07) is 1.54. The Morgan fingerprint density at radius 2 is 2.14 bits per heavy atom. The maximum absolute atomic E-state index is 10.7. The fraction of sp³-hybridized carbons (Fsp3) is 0.375. The van der Waals surface area contributed by atoms with E-state index in [1.165, 1.54) is 13.0 Å². The van der Waals surface area contributed by atoms with E-state index < -0.39 is 5.97 Å². The molecule has 6 heteroatoms. The molecule has 0 bridgehead atoms. The molecule has 5 nitrogen and oxygen atoms in total. The molecule has 0 N–H and O–H groups in total. The Bertz CT molecular complexity index is 354. The van der Waals surface area contributed by atoms with E-state index in [2.05, 4.69) is 9.97 Å². The van der Waals surface area contributed by atoms with E-state index in [1.807, 2.05) is 0 Å². The zero-order valence-corrected chi connectivity index (χ0v) is 8.87. The van der Waals surface area contributed by atoms with Gasteiger partial charge in [-0.3, -0.25) is 4.79 Å². The van der Waals surface area contributed by atoms with Crippen molar-refractivity contribution in [3.05, 3.63) is 11.3 Å². The van der Waals surface area contributed by atoms with E-state index in [9.17, 15) is 4.79 Å². The number of carbonyl (C=O) groups is 1. The number of ether oxygens (including phenoxy) is 1. The molecule has 0 saturated heterocycles. The summed E-state index contributed by atoms with van der Waals surface area (Å²) in [6.45, 7) is 1.30. The lowest BCUT2D eigenvalue weighted by Gasteiger charge is -2.11. The lowest BCUT2D eigenvalue weighted by molar-refractivity contribution is -0.132. The van der Waals surface area contributed by atoms with Crippen molar-refractivity contribution >= 4 is 23.4 Å². The number of esters is 1. The molecule has 1 aromatic rings. The molecule has 14 heavy (non-hydrogen) atoms. The highest BCUT2D eigenvalue weighted by Gasteiger charge is 2.06. The van der Waals surface area contributed by atoms with Gasteiger partial charge in [-0.05, 0) is 11.6 Å². The minimum atomic E-state index is -0.440. The van der Waals surface area contributed by atoms with Crippen molar-refractivity contribution in [3.8, 4) is 5.88 Å². The highest BCUT2D eigenvalue weighted by molar-refractivity contribution is 6.28. The molecule has 76 valence electrons. The highest BCUT2D eigenvalue weighted by atomic mass is 35.5. The van der Waals surface area contributed by atoms with Gasteiger partial charge < -0.3 is 9.64 Å². The standard InChI is InChI=1S/C8H10ClN3O2/c1-5(13)14-7-4-6(12(2)3)10-8(9)11-7/h4H,1-3H3. The van der Waals surface area contributed by atoms with Gasteiger partial charge in [0.15, 0.2) is 0 Å². The number of carbonyl (C=O) groups excluding carboxylic acids is 1. The summed E-state index contributed by atoms with van der Waals surface area (Å²) in [4.78, 5) is 20.1. The number of hydrogen-bond acceptors (Lipinski definition) is 5. The summed E-state index contributed by atoms with van der Waals surface area (Å²) in [7, 11) is 3.60. The predicted molar refractivity (Wildman–Crippen MR) is 52.7 cm³/mol. The molecule has 1 aromatic heterocycles. The van der Waals surface area contributed by atoms with Crippen LogP contribution in [-0.4, -0.2) is 30.0 Å². The van der Waals surface area contributed by atoms with Crippen LogP contribution >= 0.6 is 11.6 Å². The van der Waals surface area contributed by atoms with Gasteiger partial charge in [0.25, 0.3) is 0 Å². The van der Waals surface area contributed by atoms with E-state index in [-0.39, 0.29) is 11.2 Å². The van der Waals surface area contributed by atoms with Gasteiger partial charge in [0.05, 0.1) is 0 Å². The largest absolute Gasteiger partial charge is 0.407 e. The quantitative estimate of drug-likeness (QED) is 0.547. The van der Waals surface area contributed by atoms with Gasteiger partial charge >= 0.3 is 5.97 Å². The first-order valence-corrected chi connectivity index (χ1v) is 4.27. The third-order valence-electron chi connectivity index (χ3n) is 1.37. The maximum atomic E-state index is 10.7. The van der Waals surface area contributed by atoms with Crippen LogP contribution in [0.3, 0.4) is 0 Å². The van der Waals surface area contributed by atoms with E-state index in [4.69, 9.17) is 16.3 Å². The zero-order chi connectivity index (χ0) is 10.7. The molecule has 1 rings (SSSR count). The van der Waals surface area contributed by atoms with Gasteiger partial charge in [0.1, 0.15) is 5.82 Å². The van der Waals surface area contributed by atoms with Gasteiger partial charge in [-0.15, -0.1) is 0 Å². The number of hydrogen-bond donors (Lipinski definition) is 0. The van der Waals surface area contributed by atoms with E-state index >= 15 is 0 Å². The monoisotopic (exact) mass is 215 g/mol. The Kier molecular flexibility index (Phi) is 3.24. The predicted octanol–water partition coefficient (Wildman–Crippen LogP) is 1.12. The van der Waals surface area contributed by atoms with E-state index in [0.717, 1.165) is 0 Å². The first-order valence-electron chi connectivity index (χ1n) is 3.89. The Labute approximate surface area is 86.7 Å². The molecule has 0 aliphatic heterocycles. The molecule has 0 fully saturated rings. The van der Waals surface area contributed by atoms with Crippen LogP contribution in [0.1, 0.15) is 6.92 Å². The van der Waals surface area contributed by atoms with Gasteiger partial charge in [0.2, 0.25) is 11.2 Å². The second-order valence-electron chi connectivity index (χ2n) is 2.82. The van der Waals surface area contributed by atoms with Crippen molar-refractivity contribution < 1.29 is 9.53 Å². The fourth-order valence-corrected chi connectivity index (χ4v) is 0.984. The van der Waals surface area contributed by atoms with Crippen LogP contribution in [0.4, 0.5) is 5.82 Å². The molecule has 0 spiro atoms. The molecular formula is C8H10ClN3O2. The second-order valence-corrected chi connectivity index (χ2v) is 3.16. The van der Waals surface area contributed by atoms with E-state index in [0.29, 0.717) is 5.82 Å². The summed E-state index contributed by atoms with van der Waals surface area (Å²) in [5.74, 6) is 0.298. The van der Waals surface area contributed by atoms with Crippen molar-refractivity contribution in [2.75, 3.05) is 19.0 Å². The third kappa shape index (κ3) is 2.85. The average Bonchev–Trinajstić information content (AvgIpc) is 2.01. The number of rotatable bonds is 2. The van der Waals surface area contributed by atoms with Crippen LogP contribution in [0.5, 0.6) is 5.88 Å². The Balaban J connectivity index is 3.01. The van der Waals surface area contributed by atoms with Crippen LogP contribution in [0.2, 0.25) is 5.28 Å². The molecular weight excluding hydrogens is 206 g/mol. The summed E-state index contributed by atoms with van der Waals surface area (Å²) in [5.41, 5.74) is 0. The van der Waals surface area contributed by atoms with Gasteiger partial charge in [-0.2, -0.15) is 4.98 Å². The Morgan fingerprint density at radius 3 is 2.64 bits per heavy atom. The summed E-state index contributed by atoms with van der Waals surface area (Å²) >= 11 is 5.64. The molecule has 0 aliphatic rings. The normalized spacial score (nSPS) is 9.71. The first-order chi connectivity index (χ1) is 6.49. The maximum Gasteiger partial charge on any atom is 0.309 e. The minimum absolute atomic E-state index is 0.0486. The van der Waals surface area contributed by atoms with Crippen LogP contribution in [0, 0.1) is 0 Å². The average molecular weight is 216 g/mol. The highest BCUT2D eigenvalue weighted by Crippen LogP contribution is 2.17. The van der Waals surface area contributed by atoms with Gasteiger partial charge in [0, 0.05) is 27.1 Å². The van der Waals surface area contributed by atoms with Crippen molar-refractivity contribution in [2.45, 2.75) is 6.92 Å². The SMILES string of the molecule is CC(=O)Oc1cc(N(C)C)nc(Cl)n1. The van der Waals surface area contributed by atoms with Crippen LogP contribution < -0.4 is 9.64 Å². The zero-order valence-electron chi connectivity index (χ0n) is 8.11. The van der Waals surface area contributed by atoms with E-state index in [1.54, 1.807) is 19.0 Å². The molecule has 0 atom stereocenters. The molecule has 0 aliphatic carbocycles. The second kappa shape index (κ2) is 4.23. The van der Waals surface area contributed by atoms with Crippen molar-refractivity contribution in [1.82, 2.24) is 9.97 Å². The summed E-state index contributed by atoms with van der Waals surface area (Å²) < 4.78 is 4.78. The Morgan fingerprint density at radius 1 is 1.50 bits per heavy atom. The number of halogens is 1. The number of anilines is 1. The molecule has 0 amide bonds. The van der Waals surface area contributed by atoms with Gasteiger partial charge in [-0.25, -0.2) is 4.98 Å². The van der Waals surface area contributed by atoms with Crippen molar-refractivity contribution in [1.29, 1.82) is 0 Å². The lowest BCUT2D eigenvalue weighted by atomic mass is 10.5. The number of nitrogens with zero attached hydrogens (tertiary/aromatic N) is 3. The third-order valence-corrected chi connectivity index (χ3v) is 1.54. The van der Waals surface area contributed by atoms with Crippen LogP contribution in [0.25, 0.3) is 0 Å². The first kappa shape index (κ1) is 10.7. The van der Waals surface area contributed by atoms with Crippen LogP contribution in [0.15, 0.2) is 6.07 Å². The van der Waals surface area contributed by atoms with Crippen molar-refractivity contribution in [3.63, 3.8) is 0 Å². The summed E-state index contributed by atoms with van der Waals surface area (Å²) in [6.07, 6.45) is 0. The fourth-order valence-electron chi connectivity index (χ4n) is 0.814. The smallest absolute Gasteiger partial charge is 0.309 e.